The first-order valence-electron chi connectivity index (χ1n) is 9.15. The molecule has 0 aliphatic carbocycles. The van der Waals surface area contributed by atoms with Crippen LogP contribution in [0.15, 0.2) is 36.4 Å². The third-order valence-electron chi connectivity index (χ3n) is 5.15. The van der Waals surface area contributed by atoms with Crippen LogP contribution < -0.4 is 9.47 Å². The number of aryl methyl sites for hydroxylation is 1. The first-order chi connectivity index (χ1) is 13.7. The molecule has 0 aromatic heterocycles. The van der Waals surface area contributed by atoms with E-state index < -0.39 is 42.6 Å². The Kier molecular flexibility index (Phi) is 6.11. The first kappa shape index (κ1) is 21.5. The molecule has 0 amide bonds. The molecule has 0 bridgehead atoms. The van der Waals surface area contributed by atoms with Crippen molar-refractivity contribution in [1.82, 2.24) is 0 Å². The van der Waals surface area contributed by atoms with Gasteiger partial charge in [0.05, 0.1) is 13.7 Å². The maximum Gasteiger partial charge on any atom is 0.231 e. The molecule has 0 unspecified atom stereocenters. The lowest BCUT2D eigenvalue weighted by Gasteiger charge is -2.45. The van der Waals surface area contributed by atoms with Gasteiger partial charge in [0.15, 0.2) is 17.2 Å². The monoisotopic (exact) mass is 408 g/mol. The molecule has 0 saturated carbocycles. The Bertz CT molecular complexity index is 870. The van der Waals surface area contributed by atoms with Crippen molar-refractivity contribution in [3.8, 4) is 22.6 Å². The minimum absolute atomic E-state index is 0.127. The van der Waals surface area contributed by atoms with Crippen molar-refractivity contribution in [1.29, 1.82) is 0 Å². The van der Waals surface area contributed by atoms with Gasteiger partial charge < -0.3 is 34.6 Å². The van der Waals surface area contributed by atoms with Gasteiger partial charge >= 0.3 is 0 Å². The van der Waals surface area contributed by atoms with Crippen molar-refractivity contribution in [2.24, 2.45) is 0 Å². The fraction of sp³-hybridized carbons (Fsp3) is 0.429. The Balaban J connectivity index is 1.89. The van der Waals surface area contributed by atoms with Crippen molar-refractivity contribution in [2.45, 2.75) is 44.1 Å². The molecule has 1 saturated heterocycles. The van der Waals surface area contributed by atoms with E-state index in [9.17, 15) is 24.8 Å². The van der Waals surface area contributed by atoms with Crippen LogP contribution in [0.1, 0.15) is 12.5 Å². The summed E-state index contributed by atoms with van der Waals surface area (Å²) in [6.45, 7) is 2.49. The van der Waals surface area contributed by atoms with Crippen LogP contribution in [0.3, 0.4) is 0 Å². The summed E-state index contributed by atoms with van der Waals surface area (Å²) in [6.07, 6.45) is -5.47. The summed E-state index contributed by atoms with van der Waals surface area (Å²) in [5.74, 6) is 0.00825. The van der Waals surface area contributed by atoms with E-state index in [2.05, 4.69) is 0 Å². The number of ether oxygens (including phenoxy) is 3. The minimum atomic E-state index is -1.91. The Morgan fingerprint density at radius 1 is 1.21 bits per heavy atom. The summed E-state index contributed by atoms with van der Waals surface area (Å²) in [6, 6.07) is 9.72. The summed E-state index contributed by atoms with van der Waals surface area (Å²) < 4.78 is 30.4. The smallest absolute Gasteiger partial charge is 0.231 e. The summed E-state index contributed by atoms with van der Waals surface area (Å²) >= 11 is 0. The molecule has 1 fully saturated rings. The van der Waals surface area contributed by atoms with Crippen LogP contribution in [0.2, 0.25) is 0 Å². The lowest BCUT2D eigenvalue weighted by atomic mass is 9.88. The molecule has 1 heterocycles. The molecule has 8 heteroatoms. The maximum atomic E-state index is 14.0. The number of aliphatic hydroxyl groups is 4. The van der Waals surface area contributed by atoms with Gasteiger partial charge in [0.2, 0.25) is 6.29 Å². The van der Waals surface area contributed by atoms with Gasteiger partial charge in [-0.1, -0.05) is 18.2 Å². The Hall–Kier alpha value is -2.23. The number of benzene rings is 2. The van der Waals surface area contributed by atoms with Crippen LogP contribution in [0, 0.1) is 12.7 Å². The van der Waals surface area contributed by atoms with Gasteiger partial charge in [0.25, 0.3) is 0 Å². The predicted octanol–water partition coefficient (Wildman–Crippen LogP) is 1.38. The molecule has 1 aliphatic heterocycles. The number of hydrogen-bond donors (Lipinski definition) is 4. The average molecular weight is 408 g/mol. The van der Waals surface area contributed by atoms with Gasteiger partial charge in [-0.05, 0) is 43.2 Å². The molecule has 5 atom stereocenters. The van der Waals surface area contributed by atoms with E-state index >= 15 is 0 Å². The van der Waals surface area contributed by atoms with Crippen LogP contribution in [-0.4, -0.2) is 64.3 Å². The highest BCUT2D eigenvalue weighted by Crippen LogP contribution is 2.36. The van der Waals surface area contributed by atoms with Gasteiger partial charge in [-0.25, -0.2) is 4.39 Å². The third-order valence-corrected chi connectivity index (χ3v) is 5.15. The number of para-hydroxylation sites is 1. The maximum absolute atomic E-state index is 14.0. The molecule has 7 nitrogen and oxygen atoms in total. The zero-order chi connectivity index (χ0) is 21.3. The van der Waals surface area contributed by atoms with E-state index in [0.29, 0.717) is 22.4 Å². The Morgan fingerprint density at radius 3 is 2.55 bits per heavy atom. The van der Waals surface area contributed by atoms with Crippen LogP contribution in [0.4, 0.5) is 4.39 Å². The number of halogens is 1. The molecular formula is C21H25FO7. The number of rotatable bonds is 5. The highest BCUT2D eigenvalue weighted by Gasteiger charge is 2.53. The van der Waals surface area contributed by atoms with Crippen molar-refractivity contribution < 1.29 is 39.0 Å². The molecule has 0 spiro atoms. The van der Waals surface area contributed by atoms with E-state index in [4.69, 9.17) is 14.2 Å². The molecular weight excluding hydrogens is 383 g/mol. The van der Waals surface area contributed by atoms with Gasteiger partial charge in [0, 0.05) is 5.56 Å². The normalized spacial score (nSPS) is 29.5. The average Bonchev–Trinajstić information content (AvgIpc) is 2.69. The van der Waals surface area contributed by atoms with Crippen molar-refractivity contribution >= 4 is 0 Å². The molecule has 3 rings (SSSR count). The van der Waals surface area contributed by atoms with Gasteiger partial charge in [-0.15, -0.1) is 0 Å². The molecule has 2 aromatic carbocycles. The number of methoxy groups -OCH3 is 1. The van der Waals surface area contributed by atoms with Gasteiger partial charge in [-0.3, -0.25) is 0 Å². The first-order valence-corrected chi connectivity index (χ1v) is 9.15. The lowest BCUT2D eigenvalue weighted by Crippen LogP contribution is -2.66. The van der Waals surface area contributed by atoms with E-state index in [-0.39, 0.29) is 5.75 Å². The molecule has 2 aromatic rings. The van der Waals surface area contributed by atoms with Crippen LogP contribution >= 0.6 is 0 Å². The second kappa shape index (κ2) is 8.25. The third kappa shape index (κ3) is 3.94. The fourth-order valence-electron chi connectivity index (χ4n) is 3.37. The summed E-state index contributed by atoms with van der Waals surface area (Å²) in [5, 5.41) is 40.0. The highest BCUT2D eigenvalue weighted by atomic mass is 19.1. The molecule has 1 aliphatic rings. The molecule has 158 valence electrons. The van der Waals surface area contributed by atoms with E-state index in [1.165, 1.54) is 20.1 Å². The zero-order valence-corrected chi connectivity index (χ0v) is 16.4. The predicted molar refractivity (Wildman–Crippen MR) is 102 cm³/mol. The van der Waals surface area contributed by atoms with Crippen LogP contribution in [-0.2, 0) is 4.74 Å². The second-order valence-electron chi connectivity index (χ2n) is 7.27. The summed E-state index contributed by atoms with van der Waals surface area (Å²) in [4.78, 5) is 0. The summed E-state index contributed by atoms with van der Waals surface area (Å²) in [5.41, 5.74) is 0.0182. The van der Waals surface area contributed by atoms with Crippen LogP contribution in [0.5, 0.6) is 11.5 Å². The van der Waals surface area contributed by atoms with E-state index in [1.54, 1.807) is 37.3 Å². The lowest BCUT2D eigenvalue weighted by molar-refractivity contribution is -0.314. The highest BCUT2D eigenvalue weighted by molar-refractivity contribution is 5.72. The standard InChI is InChI=1S/C21H25FO7/c1-11-9-12(13-5-4-6-14(22)18(13)27-3)7-8-15(11)28-20-21(2,26)19(25)17(24)16(10-23)29-20/h4-9,16-17,19-20,23-26H,10H2,1-3H3/t16-,17-,19+,20+,21+/m1/s1. The number of aliphatic hydroxyl groups excluding tert-OH is 3. The largest absolute Gasteiger partial charge is 0.493 e. The fourth-order valence-corrected chi connectivity index (χ4v) is 3.37. The van der Waals surface area contributed by atoms with Gasteiger partial charge in [-0.2, -0.15) is 0 Å². The number of hydrogen-bond acceptors (Lipinski definition) is 7. The molecule has 4 N–H and O–H groups in total. The SMILES string of the molecule is COc1c(F)cccc1-c1ccc(O[C@H]2O[C@H](CO)[C@@H](O)[C@H](O)[C@]2(C)O)c(C)c1. The Morgan fingerprint density at radius 2 is 1.93 bits per heavy atom. The van der Waals surface area contributed by atoms with E-state index in [1.807, 2.05) is 0 Å². The second-order valence-corrected chi connectivity index (χ2v) is 7.27. The minimum Gasteiger partial charge on any atom is -0.493 e. The zero-order valence-electron chi connectivity index (χ0n) is 16.4. The molecule has 29 heavy (non-hydrogen) atoms. The summed E-state index contributed by atoms with van der Waals surface area (Å²) in [7, 11) is 1.39. The quantitative estimate of drug-likeness (QED) is 0.592. The van der Waals surface area contributed by atoms with E-state index in [0.717, 1.165) is 0 Å². The Labute approximate surface area is 167 Å². The van der Waals surface area contributed by atoms with Gasteiger partial charge in [0.1, 0.15) is 24.1 Å². The van der Waals surface area contributed by atoms with Crippen LogP contribution in [0.25, 0.3) is 11.1 Å². The topological polar surface area (TPSA) is 109 Å². The van der Waals surface area contributed by atoms with Crippen molar-refractivity contribution in [3.63, 3.8) is 0 Å². The van der Waals surface area contributed by atoms with Crippen molar-refractivity contribution in [3.05, 3.63) is 47.8 Å². The molecule has 0 radical (unpaired) electrons. The van der Waals surface area contributed by atoms with Crippen molar-refractivity contribution in [2.75, 3.05) is 13.7 Å².